The minimum absolute atomic E-state index is 0.427. The van der Waals surface area contributed by atoms with Gasteiger partial charge in [0.15, 0.2) is 5.54 Å². The standard InChI is InChI=1S/C22H16FN3O2/c23-19-13-7-8-16(14-19)15-24-26-20(27)22(25-21(26)28,17-9-3-1-4-10-17)18-11-5-2-6-12-18/h1-15H,(H,25,28)/b24-15-. The van der Waals surface area contributed by atoms with Crippen LogP contribution in [-0.2, 0) is 10.3 Å². The summed E-state index contributed by atoms with van der Waals surface area (Å²) in [6.07, 6.45) is 1.28. The molecule has 6 heteroatoms. The monoisotopic (exact) mass is 373 g/mol. The second kappa shape index (κ2) is 7.08. The molecule has 3 aromatic rings. The van der Waals surface area contributed by atoms with Gasteiger partial charge in [-0.25, -0.2) is 9.18 Å². The second-order valence-corrected chi connectivity index (χ2v) is 6.33. The van der Waals surface area contributed by atoms with Gasteiger partial charge in [0.2, 0.25) is 0 Å². The predicted molar refractivity (Wildman–Crippen MR) is 103 cm³/mol. The lowest BCUT2D eigenvalue weighted by molar-refractivity contribution is -0.130. The van der Waals surface area contributed by atoms with Crippen molar-refractivity contribution in [2.75, 3.05) is 0 Å². The molecule has 0 atom stereocenters. The average Bonchev–Trinajstić information content (AvgIpc) is 2.99. The first-order valence-corrected chi connectivity index (χ1v) is 8.68. The van der Waals surface area contributed by atoms with Gasteiger partial charge < -0.3 is 5.32 Å². The minimum Gasteiger partial charge on any atom is -0.314 e. The van der Waals surface area contributed by atoms with Crippen LogP contribution in [0.4, 0.5) is 9.18 Å². The molecule has 4 rings (SSSR count). The number of hydrogen-bond acceptors (Lipinski definition) is 3. The van der Waals surface area contributed by atoms with Gasteiger partial charge in [-0.1, -0.05) is 72.8 Å². The Kier molecular flexibility index (Phi) is 4.45. The summed E-state index contributed by atoms with van der Waals surface area (Å²) >= 11 is 0. The van der Waals surface area contributed by atoms with Crippen LogP contribution in [0.15, 0.2) is 90.0 Å². The number of nitrogens with zero attached hydrogens (tertiary/aromatic N) is 2. The Balaban J connectivity index is 1.77. The molecule has 0 spiro atoms. The van der Waals surface area contributed by atoms with Crippen LogP contribution in [0, 0.1) is 5.82 Å². The Labute approximate surface area is 161 Å². The van der Waals surface area contributed by atoms with Gasteiger partial charge in [0, 0.05) is 0 Å². The van der Waals surface area contributed by atoms with E-state index < -0.39 is 23.3 Å². The number of carbonyl (C=O) groups is 2. The average molecular weight is 373 g/mol. The number of imide groups is 1. The van der Waals surface area contributed by atoms with Crippen LogP contribution in [0.1, 0.15) is 16.7 Å². The van der Waals surface area contributed by atoms with Crippen LogP contribution in [0.25, 0.3) is 0 Å². The van der Waals surface area contributed by atoms with Crippen LogP contribution in [0.3, 0.4) is 0 Å². The summed E-state index contributed by atoms with van der Waals surface area (Å²) in [5, 5.41) is 7.60. The van der Waals surface area contributed by atoms with Gasteiger partial charge in [0.05, 0.1) is 6.21 Å². The van der Waals surface area contributed by atoms with Gasteiger partial charge in [-0.15, -0.1) is 5.01 Å². The molecule has 1 N–H and O–H groups in total. The van der Waals surface area contributed by atoms with E-state index in [1.54, 1.807) is 54.6 Å². The van der Waals surface area contributed by atoms with Gasteiger partial charge in [-0.2, -0.15) is 5.10 Å². The first-order chi connectivity index (χ1) is 13.6. The Morgan fingerprint density at radius 3 is 2.04 bits per heavy atom. The van der Waals surface area contributed by atoms with E-state index in [1.165, 1.54) is 24.4 Å². The SMILES string of the molecule is O=C1NC(c2ccccc2)(c2ccccc2)C(=O)N1/N=C\c1cccc(F)c1. The molecule has 0 aromatic heterocycles. The van der Waals surface area contributed by atoms with Crippen LogP contribution in [0.2, 0.25) is 0 Å². The van der Waals surface area contributed by atoms with E-state index in [1.807, 2.05) is 12.1 Å². The molecule has 1 aliphatic heterocycles. The number of hydrazone groups is 1. The van der Waals surface area contributed by atoms with Crippen molar-refractivity contribution in [2.24, 2.45) is 5.10 Å². The van der Waals surface area contributed by atoms with Crippen molar-refractivity contribution in [3.05, 3.63) is 107 Å². The van der Waals surface area contributed by atoms with E-state index in [4.69, 9.17) is 0 Å². The topological polar surface area (TPSA) is 61.8 Å². The van der Waals surface area contributed by atoms with Crippen molar-refractivity contribution in [2.45, 2.75) is 5.54 Å². The molecular formula is C22H16FN3O2. The molecule has 1 aliphatic rings. The summed E-state index contributed by atoms with van der Waals surface area (Å²) in [4.78, 5) is 26.0. The zero-order valence-electron chi connectivity index (χ0n) is 14.7. The zero-order valence-corrected chi connectivity index (χ0v) is 14.7. The summed E-state index contributed by atoms with van der Waals surface area (Å²) in [5.41, 5.74) is 0.322. The normalized spacial score (nSPS) is 15.8. The molecule has 0 aliphatic carbocycles. The van der Waals surface area contributed by atoms with E-state index in [0.717, 1.165) is 5.01 Å². The summed E-state index contributed by atoms with van der Waals surface area (Å²) < 4.78 is 13.4. The van der Waals surface area contributed by atoms with E-state index in [0.29, 0.717) is 16.7 Å². The Morgan fingerprint density at radius 2 is 1.46 bits per heavy atom. The minimum atomic E-state index is -1.38. The molecule has 1 fully saturated rings. The van der Waals surface area contributed by atoms with E-state index in [-0.39, 0.29) is 0 Å². The van der Waals surface area contributed by atoms with E-state index in [9.17, 15) is 14.0 Å². The van der Waals surface area contributed by atoms with E-state index >= 15 is 0 Å². The highest BCUT2D eigenvalue weighted by atomic mass is 19.1. The number of amides is 3. The Bertz CT molecular complexity index is 1010. The molecular weight excluding hydrogens is 357 g/mol. The number of carbonyl (C=O) groups excluding carboxylic acids is 2. The third-order valence-corrected chi connectivity index (χ3v) is 4.58. The highest BCUT2D eigenvalue weighted by Gasteiger charge is 2.54. The van der Waals surface area contributed by atoms with Crippen LogP contribution in [0.5, 0.6) is 0 Å². The quantitative estimate of drug-likeness (QED) is 0.560. The Hall–Kier alpha value is -3.80. The fraction of sp³-hybridized carbons (Fsp3) is 0.0455. The molecule has 1 saturated heterocycles. The highest BCUT2D eigenvalue weighted by molar-refractivity contribution is 6.09. The third-order valence-electron chi connectivity index (χ3n) is 4.58. The van der Waals surface area contributed by atoms with Gasteiger partial charge in [0.1, 0.15) is 5.82 Å². The third kappa shape index (κ3) is 2.95. The molecule has 3 aromatic carbocycles. The highest BCUT2D eigenvalue weighted by Crippen LogP contribution is 2.36. The molecule has 1 heterocycles. The number of halogens is 1. The number of rotatable bonds is 4. The first kappa shape index (κ1) is 17.6. The molecule has 0 saturated carbocycles. The fourth-order valence-corrected chi connectivity index (χ4v) is 3.27. The zero-order chi connectivity index (χ0) is 19.6. The van der Waals surface area contributed by atoms with Crippen molar-refractivity contribution in [1.82, 2.24) is 10.3 Å². The van der Waals surface area contributed by atoms with Crippen molar-refractivity contribution >= 4 is 18.2 Å². The molecule has 0 radical (unpaired) electrons. The molecule has 28 heavy (non-hydrogen) atoms. The molecule has 0 bridgehead atoms. The maximum Gasteiger partial charge on any atom is 0.346 e. The molecule has 0 unspecified atom stereocenters. The lowest BCUT2D eigenvalue weighted by Gasteiger charge is -2.27. The Morgan fingerprint density at radius 1 is 0.857 bits per heavy atom. The van der Waals surface area contributed by atoms with E-state index in [2.05, 4.69) is 10.4 Å². The van der Waals surface area contributed by atoms with Gasteiger partial charge in [-0.05, 0) is 28.8 Å². The smallest absolute Gasteiger partial charge is 0.314 e. The maximum absolute atomic E-state index is 13.4. The number of urea groups is 1. The fourth-order valence-electron chi connectivity index (χ4n) is 3.27. The number of hydrogen-bond donors (Lipinski definition) is 1. The summed E-state index contributed by atoms with van der Waals surface area (Å²) in [6, 6.07) is 23.1. The summed E-state index contributed by atoms with van der Waals surface area (Å²) in [5.74, 6) is -0.952. The summed E-state index contributed by atoms with van der Waals surface area (Å²) in [6.45, 7) is 0. The predicted octanol–water partition coefficient (Wildman–Crippen LogP) is 3.66. The number of benzene rings is 3. The van der Waals surface area contributed by atoms with Crippen LogP contribution >= 0.6 is 0 Å². The van der Waals surface area contributed by atoms with Gasteiger partial charge in [-0.3, -0.25) is 4.79 Å². The lowest BCUT2D eigenvalue weighted by Crippen LogP contribution is -2.44. The number of nitrogens with one attached hydrogen (secondary N) is 1. The first-order valence-electron chi connectivity index (χ1n) is 8.68. The van der Waals surface area contributed by atoms with Crippen molar-refractivity contribution in [3.8, 4) is 0 Å². The second-order valence-electron chi connectivity index (χ2n) is 6.33. The van der Waals surface area contributed by atoms with Crippen molar-refractivity contribution < 1.29 is 14.0 Å². The molecule has 138 valence electrons. The molecule has 3 amide bonds. The summed E-state index contributed by atoms with van der Waals surface area (Å²) in [7, 11) is 0. The largest absolute Gasteiger partial charge is 0.346 e. The van der Waals surface area contributed by atoms with Crippen molar-refractivity contribution in [3.63, 3.8) is 0 Å². The molecule has 5 nitrogen and oxygen atoms in total. The van der Waals surface area contributed by atoms with Gasteiger partial charge >= 0.3 is 6.03 Å². The van der Waals surface area contributed by atoms with Crippen molar-refractivity contribution in [1.29, 1.82) is 0 Å². The van der Waals surface area contributed by atoms with Crippen LogP contribution in [-0.4, -0.2) is 23.2 Å². The lowest BCUT2D eigenvalue weighted by atomic mass is 9.83. The maximum atomic E-state index is 13.4. The van der Waals surface area contributed by atoms with Gasteiger partial charge in [0.25, 0.3) is 5.91 Å². The van der Waals surface area contributed by atoms with Crippen LogP contribution < -0.4 is 5.32 Å².